The number of hydrogen-bond donors (Lipinski definition) is 1. The van der Waals surface area contributed by atoms with Crippen molar-refractivity contribution in [2.24, 2.45) is 0 Å². The van der Waals surface area contributed by atoms with Gasteiger partial charge in [0, 0.05) is 23.3 Å². The fraction of sp³-hybridized carbons (Fsp3) is 0.222. The normalized spacial score (nSPS) is 10.6. The van der Waals surface area contributed by atoms with Gasteiger partial charge in [0.2, 0.25) is 0 Å². The molecule has 0 atom stereocenters. The molecule has 5 heteroatoms. The van der Waals surface area contributed by atoms with E-state index in [0.29, 0.717) is 0 Å². The second-order valence-electron chi connectivity index (χ2n) is 2.79. The van der Waals surface area contributed by atoms with Gasteiger partial charge in [-0.15, -0.1) is 22.7 Å². The van der Waals surface area contributed by atoms with Gasteiger partial charge in [-0.25, -0.2) is 4.98 Å². The number of thiophene rings is 1. The third-order valence-corrected chi connectivity index (χ3v) is 3.58. The molecule has 2 nitrogen and oxygen atoms in total. The van der Waals surface area contributed by atoms with E-state index in [2.05, 4.69) is 15.7 Å². The molecule has 0 aliphatic heterocycles. The Morgan fingerprint density at radius 2 is 2.29 bits per heavy atom. The summed E-state index contributed by atoms with van der Waals surface area (Å²) in [6, 6.07) is 3.97. The van der Waals surface area contributed by atoms with E-state index < -0.39 is 0 Å². The van der Waals surface area contributed by atoms with E-state index in [1.165, 1.54) is 4.88 Å². The molecule has 0 aliphatic carbocycles. The molecule has 0 saturated carbocycles. The third-order valence-electron chi connectivity index (χ3n) is 1.72. The van der Waals surface area contributed by atoms with Crippen molar-refractivity contribution >= 4 is 34.3 Å². The van der Waals surface area contributed by atoms with Gasteiger partial charge in [-0.05, 0) is 12.1 Å². The molecule has 2 rings (SSSR count). The molecule has 2 heterocycles. The minimum absolute atomic E-state index is 0.818. The Bertz CT molecular complexity index is 383. The first kappa shape index (κ1) is 10.1. The van der Waals surface area contributed by atoms with Crippen molar-refractivity contribution in [1.82, 2.24) is 10.3 Å². The Kier molecular flexibility index (Phi) is 3.53. The summed E-state index contributed by atoms with van der Waals surface area (Å²) in [4.78, 5) is 5.44. The molecule has 1 N–H and O–H groups in total. The van der Waals surface area contributed by atoms with Gasteiger partial charge in [0.15, 0.2) is 0 Å². The van der Waals surface area contributed by atoms with E-state index in [1.54, 1.807) is 22.7 Å². The first-order valence-corrected chi connectivity index (χ1v) is 6.30. The Morgan fingerprint density at radius 3 is 2.93 bits per heavy atom. The van der Waals surface area contributed by atoms with Crippen LogP contribution in [0.2, 0.25) is 4.34 Å². The molecule has 2 aromatic rings. The second-order valence-corrected chi connectivity index (χ2v) is 5.31. The number of nitrogens with zero attached hydrogens (tertiary/aromatic N) is 1. The summed E-state index contributed by atoms with van der Waals surface area (Å²) >= 11 is 9.05. The van der Waals surface area contributed by atoms with Gasteiger partial charge in [0.25, 0.3) is 0 Å². The molecule has 0 spiro atoms. The average Bonchev–Trinajstić information content (AvgIpc) is 2.77. The van der Waals surface area contributed by atoms with Crippen molar-refractivity contribution in [3.63, 3.8) is 0 Å². The lowest BCUT2D eigenvalue weighted by molar-refractivity contribution is 0.690. The van der Waals surface area contributed by atoms with Crippen LogP contribution in [0, 0.1) is 0 Å². The van der Waals surface area contributed by atoms with Crippen LogP contribution in [0.5, 0.6) is 0 Å². The molecule has 0 bridgehead atoms. The molecular weight excluding hydrogens is 236 g/mol. The highest BCUT2D eigenvalue weighted by Gasteiger charge is 1.98. The number of thiazole rings is 1. The molecular formula is C9H9ClN2S2. The van der Waals surface area contributed by atoms with Crippen LogP contribution in [0.3, 0.4) is 0 Å². The third kappa shape index (κ3) is 2.78. The predicted molar refractivity (Wildman–Crippen MR) is 62.0 cm³/mol. The minimum Gasteiger partial charge on any atom is -0.306 e. The maximum Gasteiger partial charge on any atom is 0.0931 e. The SMILES string of the molecule is Clc1ccc(CNCc2cscn2)s1. The van der Waals surface area contributed by atoms with Crippen LogP contribution in [0.4, 0.5) is 0 Å². The zero-order valence-corrected chi connectivity index (χ0v) is 9.75. The van der Waals surface area contributed by atoms with Crippen LogP contribution < -0.4 is 5.32 Å². The Morgan fingerprint density at radius 1 is 1.36 bits per heavy atom. The van der Waals surface area contributed by atoms with Gasteiger partial charge in [-0.2, -0.15) is 0 Å². The Hall–Kier alpha value is -0.420. The maximum absolute atomic E-state index is 5.82. The van der Waals surface area contributed by atoms with Crippen molar-refractivity contribution in [1.29, 1.82) is 0 Å². The molecule has 14 heavy (non-hydrogen) atoms. The van der Waals surface area contributed by atoms with Crippen LogP contribution in [0.25, 0.3) is 0 Å². The maximum atomic E-state index is 5.82. The molecule has 0 fully saturated rings. The van der Waals surface area contributed by atoms with Gasteiger partial charge in [0.1, 0.15) is 0 Å². The second kappa shape index (κ2) is 4.89. The summed E-state index contributed by atoms with van der Waals surface area (Å²) in [6.07, 6.45) is 0. The highest BCUT2D eigenvalue weighted by Crippen LogP contribution is 2.21. The molecule has 0 aromatic carbocycles. The zero-order chi connectivity index (χ0) is 9.80. The van der Waals surface area contributed by atoms with Gasteiger partial charge in [-0.3, -0.25) is 0 Å². The summed E-state index contributed by atoms with van der Waals surface area (Å²) in [5.74, 6) is 0. The van der Waals surface area contributed by atoms with E-state index in [4.69, 9.17) is 11.6 Å². The molecule has 2 aromatic heterocycles. The van der Waals surface area contributed by atoms with Crippen LogP contribution in [-0.2, 0) is 13.1 Å². The van der Waals surface area contributed by atoms with Crippen molar-refractivity contribution < 1.29 is 0 Å². The van der Waals surface area contributed by atoms with Gasteiger partial charge in [0.05, 0.1) is 15.5 Å². The highest BCUT2D eigenvalue weighted by atomic mass is 35.5. The van der Waals surface area contributed by atoms with Crippen molar-refractivity contribution in [3.8, 4) is 0 Å². The summed E-state index contributed by atoms with van der Waals surface area (Å²) in [5, 5.41) is 5.36. The summed E-state index contributed by atoms with van der Waals surface area (Å²) in [7, 11) is 0. The van der Waals surface area contributed by atoms with Gasteiger partial charge in [-0.1, -0.05) is 11.6 Å². The first-order chi connectivity index (χ1) is 6.84. The largest absolute Gasteiger partial charge is 0.306 e. The average molecular weight is 245 g/mol. The number of nitrogens with one attached hydrogen (secondary N) is 1. The van der Waals surface area contributed by atoms with Gasteiger partial charge < -0.3 is 5.32 Å². The topological polar surface area (TPSA) is 24.9 Å². The van der Waals surface area contributed by atoms with E-state index >= 15 is 0 Å². The van der Waals surface area contributed by atoms with Crippen molar-refractivity contribution in [3.05, 3.63) is 37.9 Å². The first-order valence-electron chi connectivity index (χ1n) is 4.16. The van der Waals surface area contributed by atoms with E-state index in [0.717, 1.165) is 23.1 Å². The molecule has 0 saturated heterocycles. The van der Waals surface area contributed by atoms with Gasteiger partial charge >= 0.3 is 0 Å². The number of rotatable bonds is 4. The van der Waals surface area contributed by atoms with Crippen LogP contribution in [0.15, 0.2) is 23.0 Å². The van der Waals surface area contributed by atoms with Crippen molar-refractivity contribution in [2.45, 2.75) is 13.1 Å². The highest BCUT2D eigenvalue weighted by molar-refractivity contribution is 7.16. The molecule has 74 valence electrons. The lowest BCUT2D eigenvalue weighted by atomic mass is 10.4. The molecule has 0 radical (unpaired) electrons. The van der Waals surface area contributed by atoms with E-state index in [9.17, 15) is 0 Å². The lowest BCUT2D eigenvalue weighted by Crippen LogP contribution is -2.11. The Labute approximate surface area is 95.6 Å². The van der Waals surface area contributed by atoms with Crippen molar-refractivity contribution in [2.75, 3.05) is 0 Å². The Balaban J connectivity index is 1.78. The van der Waals surface area contributed by atoms with E-state index in [-0.39, 0.29) is 0 Å². The summed E-state index contributed by atoms with van der Waals surface area (Å²) < 4.78 is 0.843. The lowest BCUT2D eigenvalue weighted by Gasteiger charge is -1.98. The van der Waals surface area contributed by atoms with E-state index in [1.807, 2.05) is 17.6 Å². The zero-order valence-electron chi connectivity index (χ0n) is 7.37. The van der Waals surface area contributed by atoms with Crippen LogP contribution in [-0.4, -0.2) is 4.98 Å². The van der Waals surface area contributed by atoms with Crippen LogP contribution in [0.1, 0.15) is 10.6 Å². The number of hydrogen-bond acceptors (Lipinski definition) is 4. The fourth-order valence-corrected chi connectivity index (χ4v) is 2.70. The standard InChI is InChI=1S/C9H9ClN2S2/c10-9-2-1-8(14-9)4-11-3-7-5-13-6-12-7/h1-2,5-6,11H,3-4H2. The minimum atomic E-state index is 0.818. The molecule has 0 unspecified atom stereocenters. The van der Waals surface area contributed by atoms with Crippen LogP contribution >= 0.6 is 34.3 Å². The summed E-state index contributed by atoms with van der Waals surface area (Å²) in [6.45, 7) is 1.67. The quantitative estimate of drug-likeness (QED) is 0.894. The summed E-state index contributed by atoms with van der Waals surface area (Å²) in [5.41, 5.74) is 2.94. The smallest absolute Gasteiger partial charge is 0.0931 e. The number of aromatic nitrogens is 1. The fourth-order valence-electron chi connectivity index (χ4n) is 1.09. The predicted octanol–water partition coefficient (Wildman–Crippen LogP) is 3.15. The molecule has 0 amide bonds. The monoisotopic (exact) mass is 244 g/mol. The number of halogens is 1. The molecule has 0 aliphatic rings.